The highest BCUT2D eigenvalue weighted by Crippen LogP contribution is 2.16. The molecule has 2 amide bonds. The number of rotatable bonds is 4. The number of hydrogen-bond donors (Lipinski definition) is 1. The van der Waals surface area contributed by atoms with Crippen molar-refractivity contribution in [2.75, 3.05) is 25.1 Å². The van der Waals surface area contributed by atoms with Crippen LogP contribution in [0.25, 0.3) is 0 Å². The Kier molecular flexibility index (Phi) is 5.43. The van der Waals surface area contributed by atoms with E-state index in [4.69, 9.17) is 0 Å². The molecule has 1 unspecified atom stereocenters. The fraction of sp³-hybridized carbons (Fsp3) is 0.429. The van der Waals surface area contributed by atoms with Crippen molar-refractivity contribution >= 4 is 44.2 Å². The molecule has 1 aliphatic heterocycles. The van der Waals surface area contributed by atoms with E-state index in [9.17, 15) is 18.0 Å². The number of sulfone groups is 1. The van der Waals surface area contributed by atoms with E-state index in [1.807, 2.05) is 12.1 Å². The molecule has 2 rings (SSSR count). The fourth-order valence-electron chi connectivity index (χ4n) is 2.31. The van der Waals surface area contributed by atoms with E-state index in [-0.39, 0.29) is 35.9 Å². The van der Waals surface area contributed by atoms with Crippen LogP contribution >= 0.6 is 22.6 Å². The van der Waals surface area contributed by atoms with Gasteiger partial charge in [-0.1, -0.05) is 12.1 Å². The van der Waals surface area contributed by atoms with Crippen LogP contribution in [0.1, 0.15) is 16.8 Å². The molecule has 8 heteroatoms. The van der Waals surface area contributed by atoms with E-state index in [2.05, 4.69) is 27.9 Å². The molecule has 6 nitrogen and oxygen atoms in total. The molecule has 0 spiro atoms. The van der Waals surface area contributed by atoms with Crippen LogP contribution in [0.4, 0.5) is 0 Å². The highest BCUT2D eigenvalue weighted by molar-refractivity contribution is 14.1. The van der Waals surface area contributed by atoms with Crippen LogP contribution in [-0.2, 0) is 14.6 Å². The van der Waals surface area contributed by atoms with E-state index in [1.165, 1.54) is 4.90 Å². The van der Waals surface area contributed by atoms with Crippen LogP contribution in [0, 0.1) is 3.57 Å². The standard InChI is InChI=1S/C14H17IN2O4S/c1-17(10-6-7-22(20,21)9-10)13(18)8-16-14(19)11-4-2-3-5-12(11)15/h2-5,10H,6-9H2,1H3,(H,16,19). The molecule has 0 radical (unpaired) electrons. The maximum absolute atomic E-state index is 12.1. The summed E-state index contributed by atoms with van der Waals surface area (Å²) in [5, 5.41) is 2.58. The van der Waals surface area contributed by atoms with Crippen LogP contribution in [0.15, 0.2) is 24.3 Å². The van der Waals surface area contributed by atoms with Crippen molar-refractivity contribution in [3.05, 3.63) is 33.4 Å². The lowest BCUT2D eigenvalue weighted by atomic mass is 10.2. The molecule has 1 heterocycles. The molecule has 0 bridgehead atoms. The molecule has 1 saturated heterocycles. The Balaban J connectivity index is 1.90. The monoisotopic (exact) mass is 436 g/mol. The number of hydrogen-bond acceptors (Lipinski definition) is 4. The first-order valence-corrected chi connectivity index (χ1v) is 9.69. The second-order valence-corrected chi connectivity index (χ2v) is 8.61. The average molecular weight is 436 g/mol. The molecule has 120 valence electrons. The van der Waals surface area contributed by atoms with Gasteiger partial charge in [0.25, 0.3) is 5.91 Å². The van der Waals surface area contributed by atoms with Crippen molar-refractivity contribution < 1.29 is 18.0 Å². The highest BCUT2D eigenvalue weighted by atomic mass is 127. The second kappa shape index (κ2) is 6.95. The van der Waals surface area contributed by atoms with Gasteiger partial charge in [0.1, 0.15) is 0 Å². The molecular formula is C14H17IN2O4S. The number of halogens is 1. The zero-order valence-electron chi connectivity index (χ0n) is 12.1. The summed E-state index contributed by atoms with van der Waals surface area (Å²) < 4.78 is 23.7. The molecule has 22 heavy (non-hydrogen) atoms. The van der Waals surface area contributed by atoms with Crippen LogP contribution < -0.4 is 5.32 Å². The summed E-state index contributed by atoms with van der Waals surface area (Å²) in [6.07, 6.45) is 0.453. The summed E-state index contributed by atoms with van der Waals surface area (Å²) in [6, 6.07) is 6.79. The Hall–Kier alpha value is -1.16. The summed E-state index contributed by atoms with van der Waals surface area (Å²) in [5.41, 5.74) is 0.516. The van der Waals surface area contributed by atoms with E-state index in [1.54, 1.807) is 19.2 Å². The van der Waals surface area contributed by atoms with Gasteiger partial charge in [-0.25, -0.2) is 8.42 Å². The van der Waals surface area contributed by atoms with Gasteiger partial charge in [-0.2, -0.15) is 0 Å². The minimum Gasteiger partial charge on any atom is -0.343 e. The maximum atomic E-state index is 12.1. The molecule has 0 aliphatic carbocycles. The van der Waals surface area contributed by atoms with Gasteiger partial charge in [-0.15, -0.1) is 0 Å². The average Bonchev–Trinajstić information content (AvgIpc) is 2.84. The van der Waals surface area contributed by atoms with Gasteiger partial charge in [0.05, 0.1) is 23.6 Å². The van der Waals surface area contributed by atoms with E-state index >= 15 is 0 Å². The molecule has 1 aliphatic rings. The summed E-state index contributed by atoms with van der Waals surface area (Å²) in [7, 11) is -1.46. The van der Waals surface area contributed by atoms with Gasteiger partial charge in [0.2, 0.25) is 5.91 Å². The van der Waals surface area contributed by atoms with Gasteiger partial charge < -0.3 is 10.2 Å². The van der Waals surface area contributed by atoms with Gasteiger partial charge in [-0.3, -0.25) is 9.59 Å². The number of nitrogens with one attached hydrogen (secondary N) is 1. The number of nitrogens with zero attached hydrogens (tertiary/aromatic N) is 1. The quantitative estimate of drug-likeness (QED) is 0.704. The SMILES string of the molecule is CN(C(=O)CNC(=O)c1ccccc1I)C1CCS(=O)(=O)C1. The maximum Gasteiger partial charge on any atom is 0.252 e. The Morgan fingerprint density at radius 1 is 1.36 bits per heavy atom. The Bertz CT molecular complexity index is 690. The van der Waals surface area contributed by atoms with E-state index in [0.29, 0.717) is 12.0 Å². The Morgan fingerprint density at radius 2 is 2.05 bits per heavy atom. The summed E-state index contributed by atoms with van der Waals surface area (Å²) in [5.74, 6) is -0.490. The summed E-state index contributed by atoms with van der Waals surface area (Å²) in [6.45, 7) is -0.142. The Morgan fingerprint density at radius 3 is 2.64 bits per heavy atom. The van der Waals surface area contributed by atoms with Crippen molar-refractivity contribution in [3.63, 3.8) is 0 Å². The first kappa shape index (κ1) is 17.2. The first-order valence-electron chi connectivity index (χ1n) is 6.79. The van der Waals surface area contributed by atoms with Crippen molar-refractivity contribution in [1.82, 2.24) is 10.2 Å². The van der Waals surface area contributed by atoms with Crippen molar-refractivity contribution in [2.45, 2.75) is 12.5 Å². The number of carbonyl (C=O) groups excluding carboxylic acids is 2. The second-order valence-electron chi connectivity index (χ2n) is 5.22. The normalized spacial score (nSPS) is 19.6. The largest absolute Gasteiger partial charge is 0.343 e. The summed E-state index contributed by atoms with van der Waals surface area (Å²) in [4.78, 5) is 25.5. The number of benzene rings is 1. The molecule has 0 aromatic heterocycles. The molecular weight excluding hydrogens is 419 g/mol. The predicted molar refractivity (Wildman–Crippen MR) is 91.3 cm³/mol. The first-order chi connectivity index (χ1) is 10.3. The van der Waals surface area contributed by atoms with Crippen LogP contribution in [0.3, 0.4) is 0 Å². The molecule has 0 saturated carbocycles. The van der Waals surface area contributed by atoms with E-state index < -0.39 is 9.84 Å². The van der Waals surface area contributed by atoms with Gasteiger partial charge in [0.15, 0.2) is 9.84 Å². The lowest BCUT2D eigenvalue weighted by Gasteiger charge is -2.23. The molecule has 1 atom stereocenters. The van der Waals surface area contributed by atoms with Crippen molar-refractivity contribution in [2.24, 2.45) is 0 Å². The summed E-state index contributed by atoms with van der Waals surface area (Å²) >= 11 is 2.06. The lowest BCUT2D eigenvalue weighted by Crippen LogP contribution is -2.43. The van der Waals surface area contributed by atoms with Crippen LogP contribution in [0.5, 0.6) is 0 Å². The third-order valence-electron chi connectivity index (χ3n) is 3.67. The number of likely N-dealkylation sites (N-methyl/N-ethyl adjacent to an activating group) is 1. The predicted octanol–water partition coefficient (Wildman–Crippen LogP) is 0.666. The zero-order chi connectivity index (χ0) is 16.3. The topological polar surface area (TPSA) is 83.6 Å². The number of amides is 2. The van der Waals surface area contributed by atoms with Gasteiger partial charge >= 0.3 is 0 Å². The molecule has 1 fully saturated rings. The van der Waals surface area contributed by atoms with Crippen LogP contribution in [-0.4, -0.2) is 56.3 Å². The molecule has 1 aromatic carbocycles. The lowest BCUT2D eigenvalue weighted by molar-refractivity contribution is -0.130. The molecule has 1 N–H and O–H groups in total. The van der Waals surface area contributed by atoms with Crippen molar-refractivity contribution in [3.8, 4) is 0 Å². The smallest absolute Gasteiger partial charge is 0.252 e. The molecule has 1 aromatic rings. The van der Waals surface area contributed by atoms with Gasteiger partial charge in [-0.05, 0) is 41.1 Å². The fourth-order valence-corrected chi connectivity index (χ4v) is 4.71. The third-order valence-corrected chi connectivity index (χ3v) is 6.36. The van der Waals surface area contributed by atoms with Gasteiger partial charge in [0, 0.05) is 16.7 Å². The van der Waals surface area contributed by atoms with Crippen molar-refractivity contribution in [1.29, 1.82) is 0 Å². The van der Waals surface area contributed by atoms with Crippen LogP contribution in [0.2, 0.25) is 0 Å². The highest BCUT2D eigenvalue weighted by Gasteiger charge is 2.32. The minimum atomic E-state index is -3.04. The third kappa shape index (κ3) is 4.19. The van der Waals surface area contributed by atoms with E-state index in [0.717, 1.165) is 3.57 Å². The Labute approximate surface area is 143 Å². The minimum absolute atomic E-state index is 0.000228. The number of carbonyl (C=O) groups is 2. The zero-order valence-corrected chi connectivity index (χ0v) is 15.1.